The van der Waals surface area contributed by atoms with E-state index in [1.807, 2.05) is 0 Å². The Kier molecular flexibility index (Phi) is 4.54. The van der Waals surface area contributed by atoms with Crippen LogP contribution in [-0.2, 0) is 0 Å². The zero-order valence-electron chi connectivity index (χ0n) is 18.3. The number of nitrogens with zero attached hydrogens (tertiary/aromatic N) is 1. The summed E-state index contributed by atoms with van der Waals surface area (Å²) in [5, 5.41) is 2.62. The minimum absolute atomic E-state index is 1.11. The van der Waals surface area contributed by atoms with Crippen molar-refractivity contribution >= 4 is 27.4 Å². The number of aromatic nitrogens is 1. The van der Waals surface area contributed by atoms with Gasteiger partial charge in [0.1, 0.15) is 0 Å². The Bertz CT molecular complexity index is 1500. The Morgan fingerprint density at radius 3 is 2.22 bits per heavy atom. The Labute approximate surface area is 188 Å². The molecule has 0 atom stereocenters. The number of hydrogen-bond donors (Lipinski definition) is 0. The van der Waals surface area contributed by atoms with E-state index < -0.39 is 0 Å². The molecule has 154 valence electrons. The van der Waals surface area contributed by atoms with Gasteiger partial charge in [0, 0.05) is 22.0 Å². The minimum Gasteiger partial charge on any atom is -0.309 e. The number of aryl methyl sites for hydroxylation is 1. The smallest absolute Gasteiger partial charge is 0.0619 e. The van der Waals surface area contributed by atoms with E-state index in [9.17, 15) is 0 Å². The Morgan fingerprint density at radius 1 is 0.688 bits per heavy atom. The number of benzene rings is 4. The maximum Gasteiger partial charge on any atom is 0.0619 e. The molecular formula is C31H25N. The van der Waals surface area contributed by atoms with Crippen molar-refractivity contribution in [3.8, 4) is 16.8 Å². The van der Waals surface area contributed by atoms with Crippen LogP contribution >= 0.6 is 0 Å². The van der Waals surface area contributed by atoms with Crippen LogP contribution < -0.4 is 0 Å². The summed E-state index contributed by atoms with van der Waals surface area (Å²) in [5.74, 6) is 0. The lowest BCUT2D eigenvalue weighted by molar-refractivity contribution is 1.04. The number of fused-ring (bicyclic) bond motifs is 3. The first-order chi connectivity index (χ1) is 15.8. The van der Waals surface area contributed by atoms with Crippen molar-refractivity contribution in [1.82, 2.24) is 4.57 Å². The molecule has 0 fully saturated rings. The van der Waals surface area contributed by atoms with Gasteiger partial charge in [-0.05, 0) is 72.9 Å². The van der Waals surface area contributed by atoms with Crippen LogP contribution in [0.4, 0.5) is 0 Å². The summed E-state index contributed by atoms with van der Waals surface area (Å²) in [6, 6.07) is 33.1. The molecule has 0 unspecified atom stereocenters. The summed E-state index contributed by atoms with van der Waals surface area (Å²) >= 11 is 0. The Balaban J connectivity index is 1.80. The fraction of sp³-hybridized carbons (Fsp3) is 0.0968. The molecule has 0 bridgehead atoms. The third-order valence-electron chi connectivity index (χ3n) is 6.44. The normalized spacial score (nSPS) is 13.6. The van der Waals surface area contributed by atoms with Crippen molar-refractivity contribution in [2.75, 3.05) is 0 Å². The zero-order valence-corrected chi connectivity index (χ0v) is 18.3. The van der Waals surface area contributed by atoms with Crippen molar-refractivity contribution in [1.29, 1.82) is 0 Å². The van der Waals surface area contributed by atoms with Crippen LogP contribution in [0.25, 0.3) is 44.2 Å². The van der Waals surface area contributed by atoms with Gasteiger partial charge in [-0.1, -0.05) is 78.4 Å². The van der Waals surface area contributed by atoms with Crippen molar-refractivity contribution in [2.45, 2.75) is 19.8 Å². The van der Waals surface area contributed by atoms with Gasteiger partial charge in [0.05, 0.1) is 11.0 Å². The predicted octanol–water partition coefficient (Wildman–Crippen LogP) is 8.49. The van der Waals surface area contributed by atoms with E-state index in [1.165, 1.54) is 55.3 Å². The molecule has 0 radical (unpaired) electrons. The van der Waals surface area contributed by atoms with Gasteiger partial charge in [0.25, 0.3) is 0 Å². The molecule has 5 aromatic rings. The molecule has 1 heteroatoms. The van der Waals surface area contributed by atoms with Crippen LogP contribution in [0, 0.1) is 6.92 Å². The third-order valence-corrected chi connectivity index (χ3v) is 6.44. The number of allylic oxidation sites excluding steroid dienone is 4. The van der Waals surface area contributed by atoms with E-state index in [0.29, 0.717) is 0 Å². The molecule has 4 aromatic carbocycles. The van der Waals surface area contributed by atoms with Crippen LogP contribution in [-0.4, -0.2) is 4.57 Å². The highest BCUT2D eigenvalue weighted by molar-refractivity contribution is 6.15. The molecule has 1 aliphatic carbocycles. The lowest BCUT2D eigenvalue weighted by Gasteiger charge is -2.15. The van der Waals surface area contributed by atoms with E-state index in [1.54, 1.807) is 0 Å². The van der Waals surface area contributed by atoms with Crippen LogP contribution in [0.15, 0.2) is 109 Å². The fourth-order valence-corrected chi connectivity index (χ4v) is 4.94. The molecule has 1 nitrogen and oxygen atoms in total. The first-order valence-electron chi connectivity index (χ1n) is 11.4. The van der Waals surface area contributed by atoms with Gasteiger partial charge in [-0.15, -0.1) is 0 Å². The van der Waals surface area contributed by atoms with E-state index in [4.69, 9.17) is 0 Å². The van der Waals surface area contributed by atoms with E-state index in [2.05, 4.69) is 121 Å². The molecule has 1 heterocycles. The summed E-state index contributed by atoms with van der Waals surface area (Å²) in [6.45, 7) is 2.18. The zero-order chi connectivity index (χ0) is 21.5. The summed E-state index contributed by atoms with van der Waals surface area (Å²) < 4.78 is 2.43. The summed E-state index contributed by atoms with van der Waals surface area (Å²) in [6.07, 6.45) is 9.18. The highest BCUT2D eigenvalue weighted by atomic mass is 15.0. The second-order valence-electron chi connectivity index (χ2n) is 8.62. The maximum atomic E-state index is 2.43. The van der Waals surface area contributed by atoms with E-state index in [-0.39, 0.29) is 0 Å². The predicted molar refractivity (Wildman–Crippen MR) is 137 cm³/mol. The lowest BCUT2D eigenvalue weighted by Crippen LogP contribution is -1.96. The summed E-state index contributed by atoms with van der Waals surface area (Å²) in [5.41, 5.74) is 10.1. The molecule has 32 heavy (non-hydrogen) atoms. The third kappa shape index (κ3) is 3.09. The molecule has 6 rings (SSSR count). The number of hydrogen-bond acceptors (Lipinski definition) is 0. The molecule has 0 N–H and O–H groups in total. The average molecular weight is 412 g/mol. The molecular weight excluding hydrogens is 386 g/mol. The lowest BCUT2D eigenvalue weighted by atomic mass is 9.93. The van der Waals surface area contributed by atoms with Gasteiger partial charge in [0.2, 0.25) is 0 Å². The van der Waals surface area contributed by atoms with Crippen LogP contribution in [0.1, 0.15) is 24.0 Å². The van der Waals surface area contributed by atoms with Crippen molar-refractivity contribution in [2.24, 2.45) is 0 Å². The van der Waals surface area contributed by atoms with E-state index >= 15 is 0 Å². The Hall–Kier alpha value is -3.84. The monoisotopic (exact) mass is 411 g/mol. The first kappa shape index (κ1) is 18.9. The molecule has 0 saturated heterocycles. The number of para-hydroxylation sites is 1. The second-order valence-corrected chi connectivity index (χ2v) is 8.62. The van der Waals surface area contributed by atoms with Gasteiger partial charge >= 0.3 is 0 Å². The molecule has 0 spiro atoms. The van der Waals surface area contributed by atoms with Crippen molar-refractivity contribution < 1.29 is 0 Å². The fourth-order valence-electron chi connectivity index (χ4n) is 4.94. The van der Waals surface area contributed by atoms with Crippen LogP contribution in [0.2, 0.25) is 0 Å². The van der Waals surface area contributed by atoms with Gasteiger partial charge in [-0.2, -0.15) is 0 Å². The van der Waals surface area contributed by atoms with E-state index in [0.717, 1.165) is 12.8 Å². The highest BCUT2D eigenvalue weighted by Gasteiger charge is 2.18. The van der Waals surface area contributed by atoms with Crippen LogP contribution in [0.3, 0.4) is 0 Å². The molecule has 0 aliphatic heterocycles. The largest absolute Gasteiger partial charge is 0.309 e. The van der Waals surface area contributed by atoms with Gasteiger partial charge in [-0.25, -0.2) is 0 Å². The standard InChI is InChI=1S/C31H25N/c1-22-17-18-30-28(19-22)29-21-25(23-11-5-2-6-12-23)20-27(24-13-7-3-8-14-24)31(29)32(30)26-15-9-4-10-16-26/h3-5,7-21H,2,6H2,1H3. The molecule has 1 aromatic heterocycles. The summed E-state index contributed by atoms with van der Waals surface area (Å²) in [4.78, 5) is 0. The SMILES string of the molecule is Cc1ccc2c(c1)c1cc(C3=CCCC=C3)cc(-c3ccccc3)c1n2-c1ccccc1. The van der Waals surface area contributed by atoms with Crippen molar-refractivity contribution in [3.05, 3.63) is 120 Å². The topological polar surface area (TPSA) is 4.93 Å². The van der Waals surface area contributed by atoms with Crippen LogP contribution in [0.5, 0.6) is 0 Å². The number of rotatable bonds is 3. The molecule has 0 amide bonds. The minimum atomic E-state index is 1.11. The maximum absolute atomic E-state index is 2.43. The van der Waals surface area contributed by atoms with Crippen molar-refractivity contribution in [3.63, 3.8) is 0 Å². The average Bonchev–Trinajstić information content (AvgIpc) is 3.18. The first-order valence-corrected chi connectivity index (χ1v) is 11.4. The second kappa shape index (κ2) is 7.69. The van der Waals surface area contributed by atoms with Gasteiger partial charge in [-0.3, -0.25) is 0 Å². The summed E-state index contributed by atoms with van der Waals surface area (Å²) in [7, 11) is 0. The quantitative estimate of drug-likeness (QED) is 0.280. The highest BCUT2D eigenvalue weighted by Crippen LogP contribution is 2.41. The van der Waals surface area contributed by atoms with Gasteiger partial charge < -0.3 is 4.57 Å². The Morgan fingerprint density at radius 2 is 1.47 bits per heavy atom. The van der Waals surface area contributed by atoms with Gasteiger partial charge in [0.15, 0.2) is 0 Å². The molecule has 0 saturated carbocycles. The molecule has 1 aliphatic rings.